The number of rotatable bonds is 4. The Labute approximate surface area is 139 Å². The predicted octanol–water partition coefficient (Wildman–Crippen LogP) is 1.39. The van der Waals surface area contributed by atoms with E-state index in [9.17, 15) is 9.59 Å². The third-order valence-corrected chi connectivity index (χ3v) is 3.91. The van der Waals surface area contributed by atoms with Crippen molar-refractivity contribution in [1.29, 1.82) is 0 Å². The van der Waals surface area contributed by atoms with Crippen LogP contribution in [0.3, 0.4) is 0 Å². The number of nitrogens with zero attached hydrogens (tertiary/aromatic N) is 4. The first-order valence-electron chi connectivity index (χ1n) is 7.83. The van der Waals surface area contributed by atoms with Crippen LogP contribution in [0.2, 0.25) is 0 Å². The maximum Gasteiger partial charge on any atom is 0.276 e. The van der Waals surface area contributed by atoms with Crippen molar-refractivity contribution < 1.29 is 14.0 Å². The van der Waals surface area contributed by atoms with E-state index in [4.69, 9.17) is 4.42 Å². The molecule has 8 heteroatoms. The molecular formula is C16H19N5O3. The van der Waals surface area contributed by atoms with Crippen molar-refractivity contribution in [3.63, 3.8) is 0 Å². The second-order valence-corrected chi connectivity index (χ2v) is 5.75. The van der Waals surface area contributed by atoms with Crippen molar-refractivity contribution in [3.05, 3.63) is 41.6 Å². The zero-order valence-electron chi connectivity index (χ0n) is 13.7. The Bertz CT molecular complexity index is 758. The summed E-state index contributed by atoms with van der Waals surface area (Å²) in [5.41, 5.74) is 1.70. The fourth-order valence-corrected chi connectivity index (χ4v) is 2.81. The molecule has 0 bridgehead atoms. The van der Waals surface area contributed by atoms with Gasteiger partial charge in [-0.1, -0.05) is 0 Å². The lowest BCUT2D eigenvalue weighted by atomic mass is 10.1. The number of amides is 2. The van der Waals surface area contributed by atoms with E-state index in [1.165, 1.54) is 13.2 Å². The molecule has 1 N–H and O–H groups in total. The van der Waals surface area contributed by atoms with E-state index >= 15 is 0 Å². The monoisotopic (exact) mass is 329 g/mol. The minimum atomic E-state index is -0.164. The van der Waals surface area contributed by atoms with Crippen molar-refractivity contribution in [3.8, 4) is 0 Å². The zero-order chi connectivity index (χ0) is 17.1. The van der Waals surface area contributed by atoms with Gasteiger partial charge in [-0.25, -0.2) is 4.98 Å². The fraction of sp³-hybridized carbons (Fsp3) is 0.438. The molecule has 0 aliphatic carbocycles. The highest BCUT2D eigenvalue weighted by molar-refractivity contribution is 5.92. The normalized spacial score (nSPS) is 17.1. The Morgan fingerprint density at radius 1 is 1.38 bits per heavy atom. The van der Waals surface area contributed by atoms with Crippen LogP contribution in [0.4, 0.5) is 0 Å². The van der Waals surface area contributed by atoms with Gasteiger partial charge in [0.05, 0.1) is 36.4 Å². The Hall–Kier alpha value is -2.77. The van der Waals surface area contributed by atoms with Gasteiger partial charge >= 0.3 is 0 Å². The van der Waals surface area contributed by atoms with Crippen LogP contribution in [0.15, 0.2) is 23.1 Å². The maximum atomic E-state index is 12.6. The summed E-state index contributed by atoms with van der Waals surface area (Å²) in [7, 11) is 0. The summed E-state index contributed by atoms with van der Waals surface area (Å²) in [4.78, 5) is 38.3. The third-order valence-electron chi connectivity index (χ3n) is 3.91. The van der Waals surface area contributed by atoms with Gasteiger partial charge in [-0.3, -0.25) is 19.6 Å². The Balaban J connectivity index is 1.79. The third kappa shape index (κ3) is 3.42. The van der Waals surface area contributed by atoms with Crippen molar-refractivity contribution in [1.82, 2.24) is 25.2 Å². The number of aryl methyl sites for hydroxylation is 1. The van der Waals surface area contributed by atoms with Gasteiger partial charge in [-0.05, 0) is 12.8 Å². The number of carbonyl (C=O) groups excluding carboxylic acids is 2. The summed E-state index contributed by atoms with van der Waals surface area (Å²) in [5, 5.41) is 2.70. The molecule has 3 heterocycles. The summed E-state index contributed by atoms with van der Waals surface area (Å²) in [6, 6.07) is -0.140. The number of hydrogen-bond acceptors (Lipinski definition) is 6. The molecule has 2 aromatic rings. The molecule has 2 aromatic heterocycles. The Kier molecular flexibility index (Phi) is 4.54. The average molecular weight is 329 g/mol. The highest BCUT2D eigenvalue weighted by Gasteiger charge is 2.33. The number of carbonyl (C=O) groups is 2. The molecule has 0 spiro atoms. The van der Waals surface area contributed by atoms with Gasteiger partial charge in [0.15, 0.2) is 11.6 Å². The lowest BCUT2D eigenvalue weighted by Crippen LogP contribution is -2.31. The highest BCUT2D eigenvalue weighted by atomic mass is 16.3. The van der Waals surface area contributed by atoms with E-state index in [-0.39, 0.29) is 17.9 Å². The van der Waals surface area contributed by atoms with Crippen LogP contribution < -0.4 is 5.32 Å². The number of hydrogen-bond donors (Lipinski definition) is 1. The first-order valence-corrected chi connectivity index (χ1v) is 7.83. The molecule has 8 nitrogen and oxygen atoms in total. The van der Waals surface area contributed by atoms with Gasteiger partial charge < -0.3 is 14.6 Å². The SMILES string of the molecule is CC(=O)NCc1cncc(C2CCCN2C(=O)c2coc(C)n2)n1. The molecule has 126 valence electrons. The van der Waals surface area contributed by atoms with E-state index < -0.39 is 0 Å². The number of aromatic nitrogens is 3. The summed E-state index contributed by atoms with van der Waals surface area (Å²) in [6.07, 6.45) is 6.38. The van der Waals surface area contributed by atoms with Crippen molar-refractivity contribution in [2.75, 3.05) is 6.54 Å². The zero-order valence-corrected chi connectivity index (χ0v) is 13.7. The van der Waals surface area contributed by atoms with Gasteiger partial charge in [0.2, 0.25) is 5.91 Å². The second-order valence-electron chi connectivity index (χ2n) is 5.75. The molecule has 24 heavy (non-hydrogen) atoms. The molecule has 0 radical (unpaired) electrons. The van der Waals surface area contributed by atoms with Crippen LogP contribution in [0.1, 0.15) is 53.6 Å². The number of nitrogens with one attached hydrogen (secondary N) is 1. The molecule has 2 amide bonds. The lowest BCUT2D eigenvalue weighted by Gasteiger charge is -2.23. The molecule has 0 saturated carbocycles. The summed E-state index contributed by atoms with van der Waals surface area (Å²) < 4.78 is 5.13. The minimum Gasteiger partial charge on any atom is -0.448 e. The van der Waals surface area contributed by atoms with Gasteiger partial charge in [0, 0.05) is 20.4 Å². The van der Waals surface area contributed by atoms with Crippen LogP contribution in [-0.4, -0.2) is 38.2 Å². The van der Waals surface area contributed by atoms with E-state index in [0.717, 1.165) is 18.5 Å². The van der Waals surface area contributed by atoms with Gasteiger partial charge in [0.1, 0.15) is 6.26 Å². The van der Waals surface area contributed by atoms with E-state index in [2.05, 4.69) is 20.3 Å². The smallest absolute Gasteiger partial charge is 0.276 e. The van der Waals surface area contributed by atoms with Crippen molar-refractivity contribution in [2.45, 2.75) is 39.3 Å². The molecule has 3 rings (SSSR count). The predicted molar refractivity (Wildman–Crippen MR) is 83.8 cm³/mol. The minimum absolute atomic E-state index is 0.124. The van der Waals surface area contributed by atoms with E-state index in [0.29, 0.717) is 30.4 Å². The van der Waals surface area contributed by atoms with Gasteiger partial charge in [-0.2, -0.15) is 0 Å². The molecule has 1 aliphatic rings. The summed E-state index contributed by atoms with van der Waals surface area (Å²) in [5.74, 6) is 0.177. The van der Waals surface area contributed by atoms with Crippen LogP contribution in [0.25, 0.3) is 0 Å². The lowest BCUT2D eigenvalue weighted by molar-refractivity contribution is -0.119. The van der Waals surface area contributed by atoms with Gasteiger partial charge in [-0.15, -0.1) is 0 Å². The molecule has 1 saturated heterocycles. The average Bonchev–Trinajstić information content (AvgIpc) is 3.21. The highest BCUT2D eigenvalue weighted by Crippen LogP contribution is 2.31. The second kappa shape index (κ2) is 6.77. The van der Waals surface area contributed by atoms with E-state index in [1.54, 1.807) is 24.2 Å². The van der Waals surface area contributed by atoms with Crippen LogP contribution in [-0.2, 0) is 11.3 Å². The first kappa shape index (κ1) is 16.1. The molecule has 1 fully saturated rings. The summed E-state index contributed by atoms with van der Waals surface area (Å²) >= 11 is 0. The standard InChI is InChI=1S/C16H19N5O3/c1-10(22)18-7-12-6-17-8-13(20-12)15-4-3-5-21(15)16(23)14-9-24-11(2)19-14/h6,8-9,15H,3-5,7H2,1-2H3,(H,18,22). The Morgan fingerprint density at radius 3 is 2.92 bits per heavy atom. The van der Waals surface area contributed by atoms with Crippen LogP contribution in [0.5, 0.6) is 0 Å². The molecular weight excluding hydrogens is 310 g/mol. The maximum absolute atomic E-state index is 12.6. The first-order chi connectivity index (χ1) is 11.5. The topological polar surface area (TPSA) is 101 Å². The summed E-state index contributed by atoms with van der Waals surface area (Å²) in [6.45, 7) is 4.12. The fourth-order valence-electron chi connectivity index (χ4n) is 2.81. The molecule has 1 aliphatic heterocycles. The molecule has 1 unspecified atom stereocenters. The number of likely N-dealkylation sites (tertiary alicyclic amines) is 1. The quantitative estimate of drug-likeness (QED) is 0.909. The van der Waals surface area contributed by atoms with Crippen LogP contribution >= 0.6 is 0 Å². The van der Waals surface area contributed by atoms with Crippen molar-refractivity contribution in [2.24, 2.45) is 0 Å². The molecule has 0 aromatic carbocycles. The molecule has 1 atom stereocenters. The van der Waals surface area contributed by atoms with E-state index in [1.807, 2.05) is 0 Å². The van der Waals surface area contributed by atoms with Crippen molar-refractivity contribution >= 4 is 11.8 Å². The van der Waals surface area contributed by atoms with Gasteiger partial charge in [0.25, 0.3) is 5.91 Å². The number of oxazole rings is 1. The van der Waals surface area contributed by atoms with Crippen LogP contribution in [0, 0.1) is 6.92 Å². The largest absolute Gasteiger partial charge is 0.448 e. The Morgan fingerprint density at radius 2 is 2.21 bits per heavy atom.